The molecule has 4 heterocycles. The average molecular weight is 403 g/mol. The Bertz CT molecular complexity index is 1180. The van der Waals surface area contributed by atoms with Crippen LogP contribution in [0.2, 0.25) is 0 Å². The summed E-state index contributed by atoms with van der Waals surface area (Å²) < 4.78 is 12.6. The molecule has 0 atom stereocenters. The number of aromatic nitrogens is 4. The number of carbonyl (C=O) groups excluding carboxylic acids is 1. The van der Waals surface area contributed by atoms with Crippen molar-refractivity contribution in [2.75, 3.05) is 13.1 Å². The molecule has 3 aromatic heterocycles. The lowest BCUT2D eigenvalue weighted by molar-refractivity contribution is -0.130. The molecule has 30 heavy (non-hydrogen) atoms. The maximum Gasteiger partial charge on any atom is 0.251 e. The Labute approximate surface area is 172 Å². The lowest BCUT2D eigenvalue weighted by Crippen LogP contribution is -2.28. The van der Waals surface area contributed by atoms with Crippen LogP contribution in [0.4, 0.5) is 0 Å². The normalized spacial score (nSPS) is 14.3. The van der Waals surface area contributed by atoms with Crippen molar-refractivity contribution >= 4 is 29.1 Å². The van der Waals surface area contributed by atoms with Crippen LogP contribution in [0.15, 0.2) is 51.9 Å². The van der Waals surface area contributed by atoms with Crippen LogP contribution in [-0.4, -0.2) is 43.6 Å². The van der Waals surface area contributed by atoms with E-state index in [0.29, 0.717) is 30.4 Å². The average Bonchev–Trinajstić information content (AvgIpc) is 3.56. The minimum Gasteiger partial charge on any atom is -0.465 e. The van der Waals surface area contributed by atoms with Crippen LogP contribution in [0.3, 0.4) is 0 Å². The molecule has 0 bridgehead atoms. The molecule has 1 aromatic carbocycles. The van der Waals surface area contributed by atoms with E-state index in [9.17, 15) is 4.79 Å². The van der Waals surface area contributed by atoms with Gasteiger partial charge >= 0.3 is 0 Å². The van der Waals surface area contributed by atoms with Crippen molar-refractivity contribution in [2.45, 2.75) is 25.8 Å². The molecule has 8 nitrogen and oxygen atoms in total. The van der Waals surface area contributed by atoms with E-state index in [1.54, 1.807) is 24.7 Å². The molecule has 0 spiro atoms. The topological polar surface area (TPSA) is 90.2 Å². The van der Waals surface area contributed by atoms with E-state index in [1.165, 1.54) is 0 Å². The van der Waals surface area contributed by atoms with Gasteiger partial charge in [0.2, 0.25) is 11.7 Å². The van der Waals surface area contributed by atoms with Gasteiger partial charge in [-0.15, -0.1) is 0 Å². The number of furan rings is 1. The number of amides is 1. The maximum atomic E-state index is 12.3. The Balaban J connectivity index is 1.29. The van der Waals surface area contributed by atoms with Crippen molar-refractivity contribution in [1.29, 1.82) is 0 Å². The molecule has 0 aliphatic carbocycles. The summed E-state index contributed by atoms with van der Waals surface area (Å²) >= 11 is 0. The summed E-state index contributed by atoms with van der Waals surface area (Å²) in [5.74, 6) is 1.82. The number of fused-ring (bicyclic) bond motifs is 1. The molecule has 1 aliphatic heterocycles. The Morgan fingerprint density at radius 3 is 2.90 bits per heavy atom. The fourth-order valence-electron chi connectivity index (χ4n) is 3.68. The fourth-order valence-corrected chi connectivity index (χ4v) is 3.68. The third kappa shape index (κ3) is 3.76. The van der Waals surface area contributed by atoms with Crippen LogP contribution in [-0.2, 0) is 11.3 Å². The monoisotopic (exact) mass is 403 g/mol. The molecule has 5 rings (SSSR count). The number of hydrogen-bond donors (Lipinski definition) is 0. The van der Waals surface area contributed by atoms with Gasteiger partial charge in [-0.05, 0) is 49.2 Å². The van der Waals surface area contributed by atoms with Gasteiger partial charge in [0, 0.05) is 37.7 Å². The first kappa shape index (κ1) is 18.4. The Morgan fingerprint density at radius 2 is 2.07 bits per heavy atom. The highest BCUT2D eigenvalue weighted by atomic mass is 16.5. The second-order valence-corrected chi connectivity index (χ2v) is 7.28. The summed E-state index contributed by atoms with van der Waals surface area (Å²) in [7, 11) is 0. The van der Waals surface area contributed by atoms with E-state index in [4.69, 9.17) is 8.94 Å². The van der Waals surface area contributed by atoms with E-state index in [2.05, 4.69) is 15.1 Å². The van der Waals surface area contributed by atoms with Crippen molar-refractivity contribution in [3.8, 4) is 11.4 Å². The van der Waals surface area contributed by atoms with Gasteiger partial charge in [0.05, 0.1) is 23.6 Å². The van der Waals surface area contributed by atoms with Gasteiger partial charge in [-0.3, -0.25) is 4.79 Å². The summed E-state index contributed by atoms with van der Waals surface area (Å²) in [6, 6.07) is 9.51. The molecule has 1 aliphatic rings. The van der Waals surface area contributed by atoms with E-state index in [0.717, 1.165) is 42.5 Å². The van der Waals surface area contributed by atoms with Crippen LogP contribution in [0.25, 0.3) is 34.6 Å². The smallest absolute Gasteiger partial charge is 0.251 e. The van der Waals surface area contributed by atoms with Crippen molar-refractivity contribution in [2.24, 2.45) is 0 Å². The van der Waals surface area contributed by atoms with Crippen LogP contribution in [0.1, 0.15) is 30.9 Å². The van der Waals surface area contributed by atoms with Gasteiger partial charge in [0.1, 0.15) is 5.76 Å². The Kier molecular flexibility index (Phi) is 4.88. The fraction of sp³-hybridized carbons (Fsp3) is 0.273. The number of hydrogen-bond acceptors (Lipinski definition) is 6. The molecule has 1 amide bonds. The summed E-state index contributed by atoms with van der Waals surface area (Å²) in [6.07, 6.45) is 9.57. The van der Waals surface area contributed by atoms with Crippen molar-refractivity contribution in [3.63, 3.8) is 0 Å². The second kappa shape index (κ2) is 7.98. The Hall–Kier alpha value is -3.68. The number of aryl methyl sites for hydroxylation is 1. The van der Waals surface area contributed by atoms with E-state index in [-0.39, 0.29) is 5.91 Å². The minimum atomic E-state index is 0.216. The molecule has 1 saturated heterocycles. The van der Waals surface area contributed by atoms with Crippen LogP contribution in [0, 0.1) is 0 Å². The molecule has 0 radical (unpaired) electrons. The van der Waals surface area contributed by atoms with Gasteiger partial charge in [0.15, 0.2) is 0 Å². The van der Waals surface area contributed by atoms with Gasteiger partial charge < -0.3 is 18.4 Å². The van der Waals surface area contributed by atoms with Crippen LogP contribution < -0.4 is 0 Å². The second-order valence-electron chi connectivity index (χ2n) is 7.28. The van der Waals surface area contributed by atoms with E-state index >= 15 is 0 Å². The zero-order chi connectivity index (χ0) is 20.3. The summed E-state index contributed by atoms with van der Waals surface area (Å²) in [6.45, 7) is 2.39. The quantitative estimate of drug-likeness (QED) is 0.486. The number of carbonyl (C=O) groups is 1. The van der Waals surface area contributed by atoms with Gasteiger partial charge in [-0.2, -0.15) is 4.98 Å². The number of imidazole rings is 1. The SMILES string of the molecule is O=C(CCn1cnc2cc(-c3noc(/C=C/c4ccco4)n3)ccc21)N1CCCC1. The van der Waals surface area contributed by atoms with Crippen molar-refractivity contribution in [1.82, 2.24) is 24.6 Å². The molecular weight excluding hydrogens is 382 g/mol. The molecule has 152 valence electrons. The minimum absolute atomic E-state index is 0.216. The Morgan fingerprint density at radius 1 is 1.17 bits per heavy atom. The zero-order valence-electron chi connectivity index (χ0n) is 16.4. The molecular formula is C22H21N5O3. The summed E-state index contributed by atoms with van der Waals surface area (Å²) in [5, 5.41) is 4.05. The largest absolute Gasteiger partial charge is 0.465 e. The molecule has 8 heteroatoms. The van der Waals surface area contributed by atoms with Crippen molar-refractivity contribution in [3.05, 3.63) is 54.6 Å². The first-order valence-electron chi connectivity index (χ1n) is 10.0. The third-order valence-electron chi connectivity index (χ3n) is 5.28. The molecule has 0 N–H and O–H groups in total. The van der Waals surface area contributed by atoms with Gasteiger partial charge in [-0.25, -0.2) is 4.98 Å². The highest BCUT2D eigenvalue weighted by Gasteiger charge is 2.18. The predicted molar refractivity (Wildman–Crippen MR) is 111 cm³/mol. The van der Waals surface area contributed by atoms with Crippen LogP contribution >= 0.6 is 0 Å². The molecule has 0 saturated carbocycles. The predicted octanol–water partition coefficient (Wildman–Crippen LogP) is 3.86. The lowest BCUT2D eigenvalue weighted by Gasteiger charge is -2.15. The van der Waals surface area contributed by atoms with E-state index in [1.807, 2.05) is 39.8 Å². The van der Waals surface area contributed by atoms with Crippen molar-refractivity contribution < 1.29 is 13.7 Å². The lowest BCUT2D eigenvalue weighted by atomic mass is 10.2. The van der Waals surface area contributed by atoms with Crippen LogP contribution in [0.5, 0.6) is 0 Å². The number of rotatable bonds is 6. The standard InChI is InChI=1S/C22H21N5O3/c28-21(26-10-1-2-11-26)9-12-27-15-23-18-14-16(5-7-19(18)27)22-24-20(30-25-22)8-6-17-4-3-13-29-17/h3-8,13-15H,1-2,9-12H2/b8-6+. The maximum absolute atomic E-state index is 12.3. The first-order chi connectivity index (χ1) is 14.8. The van der Waals surface area contributed by atoms with Gasteiger partial charge in [-0.1, -0.05) is 5.16 Å². The first-order valence-corrected chi connectivity index (χ1v) is 10.0. The molecule has 4 aromatic rings. The number of likely N-dealkylation sites (tertiary alicyclic amines) is 1. The number of benzene rings is 1. The molecule has 0 unspecified atom stereocenters. The summed E-state index contributed by atoms with van der Waals surface area (Å²) in [5.41, 5.74) is 2.63. The highest BCUT2D eigenvalue weighted by Crippen LogP contribution is 2.23. The number of nitrogens with zero attached hydrogens (tertiary/aromatic N) is 5. The zero-order valence-corrected chi connectivity index (χ0v) is 16.4. The van der Waals surface area contributed by atoms with E-state index < -0.39 is 0 Å². The van der Waals surface area contributed by atoms with Gasteiger partial charge in [0.25, 0.3) is 5.89 Å². The third-order valence-corrected chi connectivity index (χ3v) is 5.28. The molecule has 1 fully saturated rings. The summed E-state index contributed by atoms with van der Waals surface area (Å²) in [4.78, 5) is 23.1. The highest BCUT2D eigenvalue weighted by molar-refractivity contribution is 5.81.